The van der Waals surface area contributed by atoms with E-state index in [2.05, 4.69) is 15.2 Å². The quantitative estimate of drug-likeness (QED) is 0.329. The number of amidine groups is 1. The van der Waals surface area contributed by atoms with Crippen LogP contribution in [0.2, 0.25) is 5.02 Å². The predicted molar refractivity (Wildman–Crippen MR) is 161 cm³/mol. The summed E-state index contributed by atoms with van der Waals surface area (Å²) in [7, 11) is 0. The van der Waals surface area contributed by atoms with Gasteiger partial charge in [-0.15, -0.1) is 11.3 Å². The van der Waals surface area contributed by atoms with E-state index in [4.69, 9.17) is 26.8 Å². The second-order valence-electron chi connectivity index (χ2n) is 11.6. The molecule has 2 atom stereocenters. The third-order valence-corrected chi connectivity index (χ3v) is 10.1. The second kappa shape index (κ2) is 10.2. The largest absolute Gasteiger partial charge is 0.462 e. The minimum atomic E-state index is -0.929. The van der Waals surface area contributed by atoms with Crippen molar-refractivity contribution in [2.45, 2.75) is 50.9 Å². The van der Waals surface area contributed by atoms with Crippen LogP contribution in [0.25, 0.3) is 21.2 Å². The molecule has 0 aliphatic carbocycles. The first-order valence-electron chi connectivity index (χ1n) is 14.1. The van der Waals surface area contributed by atoms with Gasteiger partial charge in [0.15, 0.2) is 11.6 Å². The number of nitrogen functional groups attached to an aromatic ring is 1. The van der Waals surface area contributed by atoms with Gasteiger partial charge in [-0.1, -0.05) is 17.7 Å². The highest BCUT2D eigenvalue weighted by Gasteiger charge is 2.49. The Labute approximate surface area is 255 Å². The van der Waals surface area contributed by atoms with Gasteiger partial charge in [-0.05, 0) is 44.9 Å². The lowest BCUT2D eigenvalue weighted by atomic mass is 9.94. The summed E-state index contributed by atoms with van der Waals surface area (Å²) in [6.07, 6.45) is 2.83. The minimum absolute atomic E-state index is 0.0299. The van der Waals surface area contributed by atoms with Crippen molar-refractivity contribution in [3.8, 4) is 22.9 Å². The minimum Gasteiger partial charge on any atom is -0.462 e. The SMILES string of the molecule is CC(C)N1C=C(OC[C@@]23CCCN2C[C@H](F)C3)Oc2c(F)c(-c3ccc(F)c4sc(N)c(C#N)c34)c(Cl)c3c2C1=NCN3. The number of aliphatic imine (C=N–C) groups is 1. The van der Waals surface area contributed by atoms with Crippen molar-refractivity contribution in [1.29, 1.82) is 5.26 Å². The fourth-order valence-corrected chi connectivity index (χ4v) is 8.08. The van der Waals surface area contributed by atoms with Crippen LogP contribution in [0.15, 0.2) is 29.3 Å². The number of nitrogens with one attached hydrogen (secondary N) is 1. The Morgan fingerprint density at radius 3 is 2.93 bits per heavy atom. The average Bonchev–Trinajstić information content (AvgIpc) is 3.57. The first-order chi connectivity index (χ1) is 20.6. The number of hydrogen-bond acceptors (Lipinski definition) is 9. The topological polar surface area (TPSA) is 99.1 Å². The van der Waals surface area contributed by atoms with Crippen molar-refractivity contribution in [3.05, 3.63) is 52.1 Å². The van der Waals surface area contributed by atoms with E-state index < -0.39 is 23.3 Å². The van der Waals surface area contributed by atoms with Crippen molar-refractivity contribution in [1.82, 2.24) is 9.80 Å². The second-order valence-corrected chi connectivity index (χ2v) is 13.0. The predicted octanol–water partition coefficient (Wildman–Crippen LogP) is 6.58. The Morgan fingerprint density at radius 1 is 1.35 bits per heavy atom. The van der Waals surface area contributed by atoms with Gasteiger partial charge < -0.3 is 25.4 Å². The summed E-state index contributed by atoms with van der Waals surface area (Å²) in [4.78, 5) is 8.60. The van der Waals surface area contributed by atoms with Crippen LogP contribution in [0.3, 0.4) is 0 Å². The lowest BCUT2D eigenvalue weighted by molar-refractivity contribution is 0.0258. The number of rotatable bonds is 5. The molecule has 5 heterocycles. The molecule has 43 heavy (non-hydrogen) atoms. The molecule has 224 valence electrons. The third-order valence-electron chi connectivity index (χ3n) is 8.73. The van der Waals surface area contributed by atoms with Gasteiger partial charge >= 0.3 is 5.95 Å². The number of nitrogens with two attached hydrogens (primary N) is 1. The number of halogens is 4. The fourth-order valence-electron chi connectivity index (χ4n) is 6.79. The van der Waals surface area contributed by atoms with Gasteiger partial charge in [0.25, 0.3) is 0 Å². The lowest BCUT2D eigenvalue weighted by Crippen LogP contribution is -2.42. The van der Waals surface area contributed by atoms with Gasteiger partial charge in [-0.2, -0.15) is 5.26 Å². The highest BCUT2D eigenvalue weighted by atomic mass is 35.5. The lowest BCUT2D eigenvalue weighted by Gasteiger charge is -2.31. The molecule has 2 saturated heterocycles. The summed E-state index contributed by atoms with van der Waals surface area (Å²) >= 11 is 7.86. The molecular weight excluding hydrogens is 601 g/mol. The molecular formula is C30H28ClF3N6O2S. The van der Waals surface area contributed by atoms with E-state index in [1.54, 1.807) is 6.20 Å². The number of fused-ring (bicyclic) bond motifs is 2. The van der Waals surface area contributed by atoms with Crippen LogP contribution in [-0.4, -0.2) is 59.8 Å². The first-order valence-corrected chi connectivity index (χ1v) is 15.3. The van der Waals surface area contributed by atoms with E-state index >= 15 is 4.39 Å². The van der Waals surface area contributed by atoms with Crippen LogP contribution >= 0.6 is 22.9 Å². The number of thiophene rings is 1. The van der Waals surface area contributed by atoms with Crippen molar-refractivity contribution in [2.75, 3.05) is 37.4 Å². The van der Waals surface area contributed by atoms with E-state index in [9.17, 15) is 14.0 Å². The average molecular weight is 629 g/mol. The molecule has 3 N–H and O–H groups in total. The van der Waals surface area contributed by atoms with Crippen molar-refractivity contribution in [3.63, 3.8) is 0 Å². The van der Waals surface area contributed by atoms with E-state index in [1.165, 1.54) is 12.1 Å². The molecule has 8 nitrogen and oxygen atoms in total. The molecule has 0 spiro atoms. The molecule has 4 aliphatic heterocycles. The molecule has 0 amide bonds. The van der Waals surface area contributed by atoms with E-state index in [-0.39, 0.29) is 67.8 Å². The molecule has 13 heteroatoms. The van der Waals surface area contributed by atoms with Crippen molar-refractivity contribution >= 4 is 49.5 Å². The summed E-state index contributed by atoms with van der Waals surface area (Å²) in [5.41, 5.74) is 6.48. The smallest absolute Gasteiger partial charge is 0.302 e. The highest BCUT2D eigenvalue weighted by molar-refractivity contribution is 7.23. The Kier molecular flexibility index (Phi) is 6.68. The zero-order valence-corrected chi connectivity index (χ0v) is 25.0. The normalized spacial score (nSPS) is 22.8. The van der Waals surface area contributed by atoms with Crippen LogP contribution in [-0.2, 0) is 4.74 Å². The molecule has 0 unspecified atom stereocenters. The molecule has 2 fully saturated rings. The van der Waals surface area contributed by atoms with Crippen molar-refractivity contribution in [2.24, 2.45) is 4.99 Å². The van der Waals surface area contributed by atoms with E-state index in [0.717, 1.165) is 30.7 Å². The highest BCUT2D eigenvalue weighted by Crippen LogP contribution is 2.51. The standard InChI is InChI=1S/C30H28ClF3N6O2S/c1-14(2)40-11-19(41-12-30-6-3-7-39(30)10-15(32)8-30)42-26-22-25(37-13-38-29(22)40)23(31)21(24(26)34)16-4-5-18(33)27-20(16)17(9-35)28(36)43-27/h4-5,11,14-15,37H,3,6-8,10,12-13,36H2,1-2H3/t15-,30+/m1/s1. The summed E-state index contributed by atoms with van der Waals surface area (Å²) in [5.74, 6) is -1.11. The monoisotopic (exact) mass is 628 g/mol. The molecule has 3 aromatic rings. The molecule has 1 aromatic heterocycles. The van der Waals surface area contributed by atoms with Gasteiger partial charge in [-0.25, -0.2) is 18.2 Å². The summed E-state index contributed by atoms with van der Waals surface area (Å²) < 4.78 is 58.8. The number of anilines is 2. The number of alkyl halides is 1. The summed E-state index contributed by atoms with van der Waals surface area (Å²) in [6, 6.07) is 4.49. The molecule has 2 aromatic carbocycles. The number of ether oxygens (including phenoxy) is 2. The maximum absolute atomic E-state index is 16.9. The van der Waals surface area contributed by atoms with E-state index in [1.807, 2.05) is 24.8 Å². The summed E-state index contributed by atoms with van der Waals surface area (Å²) in [6.45, 7) is 5.42. The molecule has 0 radical (unpaired) electrons. The molecule has 4 aliphatic rings. The molecule has 7 rings (SSSR count). The first kappa shape index (κ1) is 28.1. The Morgan fingerprint density at radius 2 is 2.16 bits per heavy atom. The Bertz CT molecular complexity index is 1790. The maximum Gasteiger partial charge on any atom is 0.302 e. The summed E-state index contributed by atoms with van der Waals surface area (Å²) in [5, 5.41) is 13.3. The number of benzene rings is 2. The van der Waals surface area contributed by atoms with Crippen LogP contribution in [0.1, 0.15) is 44.2 Å². The van der Waals surface area contributed by atoms with Gasteiger partial charge in [0.1, 0.15) is 42.2 Å². The maximum atomic E-state index is 16.9. The van der Waals surface area contributed by atoms with Gasteiger partial charge in [-0.3, -0.25) is 4.90 Å². The van der Waals surface area contributed by atoms with Crippen LogP contribution < -0.4 is 15.8 Å². The molecule has 0 bridgehead atoms. The van der Waals surface area contributed by atoms with Crippen LogP contribution in [0.4, 0.5) is 23.9 Å². The fraction of sp³-hybridized carbons (Fsp3) is 0.400. The number of nitrogens with zero attached hydrogens (tertiary/aromatic N) is 4. The van der Waals surface area contributed by atoms with Gasteiger partial charge in [0.2, 0.25) is 0 Å². The van der Waals surface area contributed by atoms with E-state index in [0.29, 0.717) is 30.1 Å². The van der Waals surface area contributed by atoms with Crippen molar-refractivity contribution < 1.29 is 22.6 Å². The van der Waals surface area contributed by atoms with Crippen LogP contribution in [0.5, 0.6) is 5.75 Å². The third kappa shape index (κ3) is 4.24. The number of nitriles is 1. The zero-order valence-electron chi connectivity index (χ0n) is 23.4. The molecule has 0 saturated carbocycles. The van der Waals surface area contributed by atoms with Crippen LogP contribution in [0, 0.1) is 23.0 Å². The van der Waals surface area contributed by atoms with Gasteiger partial charge in [0.05, 0.1) is 38.3 Å². The number of hydrogen-bond donors (Lipinski definition) is 2. The zero-order chi connectivity index (χ0) is 30.2. The van der Waals surface area contributed by atoms with Gasteiger partial charge in [0, 0.05) is 30.0 Å². The Balaban J connectivity index is 1.39. The Hall–Kier alpha value is -3.66.